The molecule has 114 valence electrons. The second-order valence-corrected chi connectivity index (χ2v) is 5.70. The highest BCUT2D eigenvalue weighted by Gasteiger charge is 2.39. The van der Waals surface area contributed by atoms with E-state index in [-0.39, 0.29) is 11.5 Å². The van der Waals surface area contributed by atoms with Gasteiger partial charge in [0, 0.05) is 6.61 Å². The molecule has 5 heteroatoms. The molecule has 1 aromatic heterocycles. The molecule has 1 aliphatic rings. The van der Waals surface area contributed by atoms with Crippen LogP contribution >= 0.6 is 0 Å². The molecule has 5 nitrogen and oxygen atoms in total. The predicted molar refractivity (Wildman–Crippen MR) is 75.4 cm³/mol. The van der Waals surface area contributed by atoms with Crippen molar-refractivity contribution < 1.29 is 14.4 Å². The Hall–Kier alpha value is -0.940. The van der Waals surface area contributed by atoms with Crippen molar-refractivity contribution in [3.05, 3.63) is 11.7 Å². The van der Waals surface area contributed by atoms with Gasteiger partial charge in [-0.2, -0.15) is 4.98 Å². The van der Waals surface area contributed by atoms with Gasteiger partial charge in [-0.1, -0.05) is 31.3 Å². The van der Waals surface area contributed by atoms with E-state index >= 15 is 0 Å². The molecule has 1 saturated carbocycles. The maximum atomic E-state index is 9.79. The van der Waals surface area contributed by atoms with Gasteiger partial charge in [0.1, 0.15) is 5.60 Å². The molecule has 2 atom stereocenters. The first-order valence-electron chi connectivity index (χ1n) is 7.79. The maximum Gasteiger partial charge on any atom is 0.232 e. The monoisotopic (exact) mass is 282 g/mol. The molecule has 0 bridgehead atoms. The zero-order chi connectivity index (χ0) is 14.6. The van der Waals surface area contributed by atoms with Crippen LogP contribution in [0.4, 0.5) is 0 Å². The zero-order valence-electron chi connectivity index (χ0n) is 12.8. The molecule has 1 fully saturated rings. The number of aliphatic hydroxyl groups excluding tert-OH is 1. The van der Waals surface area contributed by atoms with E-state index in [2.05, 4.69) is 10.1 Å². The lowest BCUT2D eigenvalue weighted by molar-refractivity contribution is -0.0777. The summed E-state index contributed by atoms with van der Waals surface area (Å²) in [5, 5.41) is 14.0. The van der Waals surface area contributed by atoms with Crippen LogP contribution in [-0.2, 0) is 10.3 Å². The van der Waals surface area contributed by atoms with Crippen LogP contribution in [0, 0.1) is 0 Å². The largest absolute Gasteiger partial charge is 0.393 e. The summed E-state index contributed by atoms with van der Waals surface area (Å²) >= 11 is 0. The third kappa shape index (κ3) is 3.04. The van der Waals surface area contributed by atoms with Crippen molar-refractivity contribution >= 4 is 0 Å². The van der Waals surface area contributed by atoms with Crippen LogP contribution in [0.5, 0.6) is 0 Å². The number of aromatic nitrogens is 2. The molecule has 0 spiro atoms. The molecule has 2 rings (SSSR count). The summed E-state index contributed by atoms with van der Waals surface area (Å²) in [6.45, 7) is 6.43. The Bertz CT molecular complexity index is 405. The van der Waals surface area contributed by atoms with Gasteiger partial charge in [-0.05, 0) is 33.1 Å². The molecule has 0 amide bonds. The Labute approximate surface area is 120 Å². The lowest BCUT2D eigenvalue weighted by Gasteiger charge is -2.33. The van der Waals surface area contributed by atoms with Gasteiger partial charge in [0.25, 0.3) is 0 Å². The second-order valence-electron chi connectivity index (χ2n) is 5.70. The molecule has 1 heterocycles. The van der Waals surface area contributed by atoms with Crippen molar-refractivity contribution in [2.75, 3.05) is 6.61 Å². The van der Waals surface area contributed by atoms with Gasteiger partial charge in [-0.25, -0.2) is 0 Å². The summed E-state index contributed by atoms with van der Waals surface area (Å²) in [5.41, 5.74) is -0.383. The van der Waals surface area contributed by atoms with Crippen molar-refractivity contribution in [3.8, 4) is 0 Å². The summed E-state index contributed by atoms with van der Waals surface area (Å²) in [6.07, 6.45) is 5.71. The molecular formula is C15H26N2O3. The predicted octanol–water partition coefficient (Wildman–Crippen LogP) is 3.14. The molecule has 20 heavy (non-hydrogen) atoms. The van der Waals surface area contributed by atoms with Gasteiger partial charge in [0.15, 0.2) is 0 Å². The van der Waals surface area contributed by atoms with Crippen LogP contribution in [0.2, 0.25) is 0 Å². The van der Waals surface area contributed by atoms with Crippen LogP contribution in [0.3, 0.4) is 0 Å². The van der Waals surface area contributed by atoms with Crippen LogP contribution in [0.25, 0.3) is 0 Å². The molecule has 1 aliphatic carbocycles. The summed E-state index contributed by atoms with van der Waals surface area (Å²) in [5.74, 6) is 1.09. The Morgan fingerprint density at radius 3 is 2.55 bits per heavy atom. The summed E-state index contributed by atoms with van der Waals surface area (Å²) in [4.78, 5) is 4.55. The van der Waals surface area contributed by atoms with E-state index in [9.17, 15) is 5.11 Å². The number of hydrogen-bond donors (Lipinski definition) is 1. The van der Waals surface area contributed by atoms with E-state index in [0.29, 0.717) is 18.3 Å². The zero-order valence-corrected chi connectivity index (χ0v) is 12.8. The minimum atomic E-state index is -0.484. The average molecular weight is 282 g/mol. The number of aliphatic hydroxyl groups is 1. The highest BCUT2D eigenvalue weighted by molar-refractivity contribution is 5.06. The van der Waals surface area contributed by atoms with Crippen molar-refractivity contribution in [1.29, 1.82) is 0 Å². The third-order valence-electron chi connectivity index (χ3n) is 4.27. The molecule has 2 unspecified atom stereocenters. The standard InChI is InChI=1S/C15H26N2O3/c1-4-12(11(3)18)13-16-14(17-20-13)15(19-5-2)9-7-6-8-10-15/h11-12,18H,4-10H2,1-3H3. The maximum absolute atomic E-state index is 9.79. The van der Waals surface area contributed by atoms with Crippen molar-refractivity contribution in [2.45, 2.75) is 76.9 Å². The number of ether oxygens (including phenoxy) is 1. The number of nitrogens with zero attached hydrogens (tertiary/aromatic N) is 2. The van der Waals surface area contributed by atoms with Gasteiger partial charge in [-0.15, -0.1) is 0 Å². The fraction of sp³-hybridized carbons (Fsp3) is 0.867. The summed E-state index contributed by atoms with van der Waals surface area (Å²) < 4.78 is 11.4. The molecule has 1 aromatic rings. The van der Waals surface area contributed by atoms with Gasteiger partial charge in [-0.3, -0.25) is 0 Å². The lowest BCUT2D eigenvalue weighted by Crippen LogP contribution is -2.33. The van der Waals surface area contributed by atoms with Crippen LogP contribution < -0.4 is 0 Å². The Morgan fingerprint density at radius 2 is 2.00 bits per heavy atom. The quantitative estimate of drug-likeness (QED) is 0.868. The van der Waals surface area contributed by atoms with Crippen molar-refractivity contribution in [1.82, 2.24) is 10.1 Å². The first-order valence-corrected chi connectivity index (χ1v) is 7.79. The van der Waals surface area contributed by atoms with Crippen LogP contribution in [0.1, 0.15) is 76.9 Å². The van der Waals surface area contributed by atoms with E-state index in [1.807, 2.05) is 13.8 Å². The van der Waals surface area contributed by atoms with Gasteiger partial charge in [0.2, 0.25) is 11.7 Å². The average Bonchev–Trinajstić information content (AvgIpc) is 2.90. The van der Waals surface area contributed by atoms with Crippen molar-refractivity contribution in [2.24, 2.45) is 0 Å². The molecule has 1 N–H and O–H groups in total. The first kappa shape index (κ1) is 15.4. The topological polar surface area (TPSA) is 68.4 Å². The smallest absolute Gasteiger partial charge is 0.232 e. The minimum absolute atomic E-state index is 0.0986. The van der Waals surface area contributed by atoms with Gasteiger partial charge >= 0.3 is 0 Å². The van der Waals surface area contributed by atoms with E-state index in [1.165, 1.54) is 6.42 Å². The highest BCUT2D eigenvalue weighted by atomic mass is 16.5. The first-order chi connectivity index (χ1) is 9.63. The Morgan fingerprint density at radius 1 is 1.30 bits per heavy atom. The Kier molecular flexibility index (Phi) is 5.16. The highest BCUT2D eigenvalue weighted by Crippen LogP contribution is 2.39. The second kappa shape index (κ2) is 6.68. The molecule has 0 saturated heterocycles. The molecule has 0 radical (unpaired) electrons. The van der Waals surface area contributed by atoms with Gasteiger partial charge < -0.3 is 14.4 Å². The summed E-state index contributed by atoms with van der Waals surface area (Å²) in [6, 6.07) is 0. The normalized spacial score (nSPS) is 21.6. The minimum Gasteiger partial charge on any atom is -0.393 e. The molecular weight excluding hydrogens is 256 g/mol. The van der Waals surface area contributed by atoms with Crippen LogP contribution in [0.15, 0.2) is 4.52 Å². The van der Waals surface area contributed by atoms with E-state index in [4.69, 9.17) is 9.26 Å². The fourth-order valence-electron chi connectivity index (χ4n) is 3.12. The van der Waals surface area contributed by atoms with Crippen molar-refractivity contribution in [3.63, 3.8) is 0 Å². The number of rotatable bonds is 6. The SMILES string of the molecule is CCOC1(c2noc(C(CC)C(C)O)n2)CCCCC1. The molecule has 0 aromatic carbocycles. The summed E-state index contributed by atoms with van der Waals surface area (Å²) in [7, 11) is 0. The van der Waals surface area contributed by atoms with E-state index in [0.717, 1.165) is 32.1 Å². The fourth-order valence-corrected chi connectivity index (χ4v) is 3.12. The number of hydrogen-bond acceptors (Lipinski definition) is 5. The van der Waals surface area contributed by atoms with Gasteiger partial charge in [0.05, 0.1) is 12.0 Å². The van der Waals surface area contributed by atoms with E-state index < -0.39 is 6.10 Å². The third-order valence-corrected chi connectivity index (χ3v) is 4.27. The molecule has 0 aliphatic heterocycles. The Balaban J connectivity index is 2.24. The lowest BCUT2D eigenvalue weighted by atomic mass is 9.84. The van der Waals surface area contributed by atoms with E-state index in [1.54, 1.807) is 6.92 Å². The van der Waals surface area contributed by atoms with Crippen LogP contribution in [-0.4, -0.2) is 28.0 Å².